The summed E-state index contributed by atoms with van der Waals surface area (Å²) in [6.07, 6.45) is 3.41. The van der Waals surface area contributed by atoms with Crippen LogP contribution < -0.4 is 11.1 Å². The van der Waals surface area contributed by atoms with Gasteiger partial charge in [0.15, 0.2) is 0 Å². The van der Waals surface area contributed by atoms with E-state index in [0.29, 0.717) is 5.92 Å². The van der Waals surface area contributed by atoms with E-state index < -0.39 is 6.04 Å². The molecule has 0 aliphatic heterocycles. The summed E-state index contributed by atoms with van der Waals surface area (Å²) < 4.78 is 1.13. The molecular formula is C16H21N3OS. The minimum absolute atomic E-state index is 0.115. The third kappa shape index (κ3) is 3.09. The lowest BCUT2D eigenvalue weighted by atomic mass is 9.99. The summed E-state index contributed by atoms with van der Waals surface area (Å²) in [4.78, 5) is 16.8. The highest BCUT2D eigenvalue weighted by atomic mass is 32.1. The molecule has 2 atom stereocenters. The second-order valence-electron chi connectivity index (χ2n) is 5.91. The van der Waals surface area contributed by atoms with Gasteiger partial charge in [0, 0.05) is 11.6 Å². The molecule has 1 aromatic carbocycles. The van der Waals surface area contributed by atoms with Gasteiger partial charge in [0.25, 0.3) is 0 Å². The molecule has 0 saturated heterocycles. The third-order valence-electron chi connectivity index (χ3n) is 4.16. The third-order valence-corrected chi connectivity index (χ3v) is 5.34. The zero-order valence-electron chi connectivity index (χ0n) is 12.4. The first-order valence-electron chi connectivity index (χ1n) is 7.55. The van der Waals surface area contributed by atoms with Crippen molar-refractivity contribution in [2.24, 2.45) is 11.7 Å². The standard InChI is InChI=1S/C16H21N3OS/c1-3-9(2)14(17)15(20)18-11-6-7-12-13(8-11)21-16(19-12)10-4-5-10/h6-10,14H,3-5,17H2,1-2H3,(H,18,20). The summed E-state index contributed by atoms with van der Waals surface area (Å²) in [6.45, 7) is 4.04. The van der Waals surface area contributed by atoms with E-state index >= 15 is 0 Å². The molecule has 3 N–H and O–H groups in total. The largest absolute Gasteiger partial charge is 0.325 e. The number of aromatic nitrogens is 1. The highest BCUT2D eigenvalue weighted by Crippen LogP contribution is 2.43. The van der Waals surface area contributed by atoms with E-state index in [2.05, 4.69) is 10.3 Å². The fraction of sp³-hybridized carbons (Fsp3) is 0.500. The smallest absolute Gasteiger partial charge is 0.241 e. The SMILES string of the molecule is CCC(C)C(N)C(=O)Nc1ccc2nc(C3CC3)sc2c1. The van der Waals surface area contributed by atoms with Crippen molar-refractivity contribution in [2.75, 3.05) is 5.32 Å². The first-order valence-corrected chi connectivity index (χ1v) is 8.37. The number of hydrogen-bond acceptors (Lipinski definition) is 4. The van der Waals surface area contributed by atoms with Crippen LogP contribution >= 0.6 is 11.3 Å². The van der Waals surface area contributed by atoms with E-state index in [1.807, 2.05) is 32.0 Å². The zero-order chi connectivity index (χ0) is 15.0. The normalized spacial score (nSPS) is 17.7. The number of nitrogens with zero attached hydrogens (tertiary/aromatic N) is 1. The quantitative estimate of drug-likeness (QED) is 0.888. The maximum absolute atomic E-state index is 12.1. The zero-order valence-corrected chi connectivity index (χ0v) is 13.2. The summed E-state index contributed by atoms with van der Waals surface area (Å²) in [5.74, 6) is 0.730. The van der Waals surface area contributed by atoms with Crippen molar-refractivity contribution in [3.8, 4) is 0 Å². The van der Waals surface area contributed by atoms with Crippen LogP contribution in [0.15, 0.2) is 18.2 Å². The molecule has 1 aliphatic rings. The Hall–Kier alpha value is -1.46. The molecule has 0 bridgehead atoms. The van der Waals surface area contributed by atoms with Gasteiger partial charge < -0.3 is 11.1 Å². The number of rotatable bonds is 5. The van der Waals surface area contributed by atoms with Crippen LogP contribution in [0.25, 0.3) is 10.2 Å². The topological polar surface area (TPSA) is 68.0 Å². The van der Waals surface area contributed by atoms with Gasteiger partial charge >= 0.3 is 0 Å². The maximum Gasteiger partial charge on any atom is 0.241 e. The number of thiazole rings is 1. The van der Waals surface area contributed by atoms with Crippen LogP contribution in [0.3, 0.4) is 0 Å². The van der Waals surface area contributed by atoms with Gasteiger partial charge in [0.05, 0.1) is 21.3 Å². The fourth-order valence-electron chi connectivity index (χ4n) is 2.26. The van der Waals surface area contributed by atoms with Crippen LogP contribution in [-0.4, -0.2) is 16.9 Å². The number of fused-ring (bicyclic) bond motifs is 1. The van der Waals surface area contributed by atoms with Gasteiger partial charge in [0.1, 0.15) is 0 Å². The average Bonchev–Trinajstić information content (AvgIpc) is 3.25. The molecule has 112 valence electrons. The molecule has 2 unspecified atom stereocenters. The van der Waals surface area contributed by atoms with Gasteiger partial charge in [-0.1, -0.05) is 20.3 Å². The molecule has 1 saturated carbocycles. The summed E-state index contributed by atoms with van der Waals surface area (Å²) in [6, 6.07) is 5.41. The fourth-order valence-corrected chi connectivity index (χ4v) is 3.44. The van der Waals surface area contributed by atoms with Crippen LogP contribution in [0.5, 0.6) is 0 Å². The molecule has 0 radical (unpaired) electrons. The summed E-state index contributed by atoms with van der Waals surface area (Å²) in [5, 5.41) is 4.14. The Labute approximate surface area is 128 Å². The van der Waals surface area contributed by atoms with Gasteiger partial charge in [-0.3, -0.25) is 4.79 Å². The number of nitrogens with two attached hydrogens (primary N) is 1. The second-order valence-corrected chi connectivity index (χ2v) is 6.97. The molecule has 21 heavy (non-hydrogen) atoms. The first-order chi connectivity index (χ1) is 10.1. The Morgan fingerprint density at radius 3 is 2.95 bits per heavy atom. The van der Waals surface area contributed by atoms with Crippen LogP contribution in [0.1, 0.15) is 44.0 Å². The molecule has 5 heteroatoms. The van der Waals surface area contributed by atoms with Crippen LogP contribution in [0.4, 0.5) is 5.69 Å². The number of anilines is 1. The molecule has 3 rings (SSSR count). The molecule has 4 nitrogen and oxygen atoms in total. The van der Waals surface area contributed by atoms with Gasteiger partial charge in [-0.15, -0.1) is 11.3 Å². The maximum atomic E-state index is 12.1. The predicted molar refractivity (Wildman–Crippen MR) is 87.7 cm³/mol. The Kier molecular flexibility index (Phi) is 3.95. The Bertz CT molecular complexity index is 663. The van der Waals surface area contributed by atoms with Crippen LogP contribution in [0.2, 0.25) is 0 Å². The van der Waals surface area contributed by atoms with Crippen molar-refractivity contribution in [1.29, 1.82) is 0 Å². The summed E-state index contributed by atoms with van der Waals surface area (Å²) in [5.41, 5.74) is 7.78. The highest BCUT2D eigenvalue weighted by molar-refractivity contribution is 7.18. The Balaban J connectivity index is 1.76. The van der Waals surface area contributed by atoms with Gasteiger partial charge in [-0.25, -0.2) is 4.98 Å². The lowest BCUT2D eigenvalue weighted by Crippen LogP contribution is -2.40. The van der Waals surface area contributed by atoms with Crippen LogP contribution in [-0.2, 0) is 4.79 Å². The second kappa shape index (κ2) is 5.73. The lowest BCUT2D eigenvalue weighted by molar-refractivity contribution is -0.118. The van der Waals surface area contributed by atoms with Crippen LogP contribution in [0, 0.1) is 5.92 Å². The van der Waals surface area contributed by atoms with Crippen molar-refractivity contribution in [3.63, 3.8) is 0 Å². The van der Waals surface area contributed by atoms with Gasteiger partial charge in [-0.05, 0) is 37.0 Å². The number of carbonyl (C=O) groups excluding carboxylic acids is 1. The van der Waals surface area contributed by atoms with E-state index in [1.54, 1.807) is 11.3 Å². The minimum atomic E-state index is -0.464. The van der Waals surface area contributed by atoms with Crippen molar-refractivity contribution in [1.82, 2.24) is 4.98 Å². The number of amides is 1. The number of hydrogen-bond donors (Lipinski definition) is 2. The predicted octanol–water partition coefficient (Wildman–Crippen LogP) is 3.49. The van der Waals surface area contributed by atoms with Gasteiger partial charge in [0.2, 0.25) is 5.91 Å². The monoisotopic (exact) mass is 303 g/mol. The molecule has 1 amide bonds. The highest BCUT2D eigenvalue weighted by Gasteiger charge is 2.27. The number of nitrogens with one attached hydrogen (secondary N) is 1. The molecule has 0 spiro atoms. The summed E-state index contributed by atoms with van der Waals surface area (Å²) in [7, 11) is 0. The van der Waals surface area contributed by atoms with Gasteiger partial charge in [-0.2, -0.15) is 0 Å². The Morgan fingerprint density at radius 2 is 2.29 bits per heavy atom. The molecule has 1 fully saturated rings. The van der Waals surface area contributed by atoms with E-state index in [4.69, 9.17) is 5.73 Å². The molecule has 1 aliphatic carbocycles. The van der Waals surface area contributed by atoms with Crippen molar-refractivity contribution in [2.45, 2.75) is 45.1 Å². The van der Waals surface area contributed by atoms with E-state index in [1.165, 1.54) is 17.8 Å². The molecular weight excluding hydrogens is 282 g/mol. The minimum Gasteiger partial charge on any atom is -0.325 e. The van der Waals surface area contributed by atoms with Crippen molar-refractivity contribution >= 4 is 33.1 Å². The average molecular weight is 303 g/mol. The number of benzene rings is 1. The summed E-state index contributed by atoms with van der Waals surface area (Å²) >= 11 is 1.73. The van der Waals surface area contributed by atoms with Crippen molar-refractivity contribution in [3.05, 3.63) is 23.2 Å². The molecule has 2 aromatic rings. The van der Waals surface area contributed by atoms with E-state index in [-0.39, 0.29) is 11.8 Å². The Morgan fingerprint density at radius 1 is 1.52 bits per heavy atom. The first kappa shape index (κ1) is 14.5. The number of carbonyl (C=O) groups is 1. The molecule has 1 aromatic heterocycles. The van der Waals surface area contributed by atoms with E-state index in [9.17, 15) is 4.79 Å². The van der Waals surface area contributed by atoms with E-state index in [0.717, 1.165) is 22.3 Å². The van der Waals surface area contributed by atoms with Crippen molar-refractivity contribution < 1.29 is 4.79 Å². The lowest BCUT2D eigenvalue weighted by Gasteiger charge is -2.17. The molecule has 1 heterocycles.